The maximum absolute atomic E-state index is 10.4. The third-order valence-corrected chi connectivity index (χ3v) is 2.95. The van der Waals surface area contributed by atoms with Gasteiger partial charge < -0.3 is 5.73 Å². The van der Waals surface area contributed by atoms with E-state index in [0.29, 0.717) is 0 Å². The molecule has 0 unspecified atom stereocenters. The van der Waals surface area contributed by atoms with E-state index in [1.807, 2.05) is 18.2 Å². The van der Waals surface area contributed by atoms with Crippen LogP contribution in [0.2, 0.25) is 0 Å². The summed E-state index contributed by atoms with van der Waals surface area (Å²) in [7, 11) is 0. The molecular weight excluding hydrogens is 246 g/mol. The summed E-state index contributed by atoms with van der Waals surface area (Å²) in [5.41, 5.74) is 5.00. The number of allylic oxidation sites excluding steroid dienone is 6. The van der Waals surface area contributed by atoms with Gasteiger partial charge in [-0.2, -0.15) is 0 Å². The summed E-state index contributed by atoms with van der Waals surface area (Å²) in [5.74, 6) is -0.361. The molecule has 0 aliphatic heterocycles. The van der Waals surface area contributed by atoms with Gasteiger partial charge in [0.1, 0.15) is 0 Å². The first kappa shape index (κ1) is 18.4. The predicted octanol–water partition coefficient (Wildman–Crippen LogP) is 4.84. The van der Waals surface area contributed by atoms with Crippen LogP contribution in [-0.2, 0) is 4.79 Å². The van der Waals surface area contributed by atoms with E-state index in [1.54, 1.807) is 0 Å². The molecule has 2 heteroatoms. The molecular formula is C18H29NO. The van der Waals surface area contributed by atoms with Gasteiger partial charge in [-0.05, 0) is 51.0 Å². The standard InChI is InChI=1S/C18H29NO/c1-2-3-4-5-6-7-8-9-10-11-12-13-14-15-16-17-18(19)20/h2-4,11-12,16-17H,1,5-10,13-15H2,(H2,19,20)/b4-3+,12-11+,17-16+. The number of unbranched alkanes of at least 4 members (excludes halogenated alkanes) is 7. The minimum Gasteiger partial charge on any atom is -0.366 e. The van der Waals surface area contributed by atoms with Crippen molar-refractivity contribution in [2.24, 2.45) is 5.73 Å². The van der Waals surface area contributed by atoms with E-state index in [0.717, 1.165) is 19.3 Å². The summed E-state index contributed by atoms with van der Waals surface area (Å²) in [6, 6.07) is 0. The number of amides is 1. The van der Waals surface area contributed by atoms with Crippen molar-refractivity contribution in [3.05, 3.63) is 49.1 Å². The molecule has 0 rings (SSSR count). The monoisotopic (exact) mass is 275 g/mol. The summed E-state index contributed by atoms with van der Waals surface area (Å²) in [5, 5.41) is 0. The highest BCUT2D eigenvalue weighted by molar-refractivity contribution is 5.85. The Hall–Kier alpha value is -1.57. The fraction of sp³-hybridized carbons (Fsp3) is 0.500. The Bertz CT molecular complexity index is 326. The molecule has 2 nitrogen and oxygen atoms in total. The Labute approximate surface area is 124 Å². The second-order valence-electron chi connectivity index (χ2n) is 4.86. The number of primary amides is 1. The maximum Gasteiger partial charge on any atom is 0.241 e. The van der Waals surface area contributed by atoms with Crippen molar-refractivity contribution in [1.29, 1.82) is 0 Å². The van der Waals surface area contributed by atoms with E-state index >= 15 is 0 Å². The lowest BCUT2D eigenvalue weighted by Crippen LogP contribution is -2.05. The van der Waals surface area contributed by atoms with E-state index in [-0.39, 0.29) is 5.91 Å². The van der Waals surface area contributed by atoms with Gasteiger partial charge in [-0.15, -0.1) is 0 Å². The fourth-order valence-corrected chi connectivity index (χ4v) is 1.86. The van der Waals surface area contributed by atoms with E-state index in [2.05, 4.69) is 24.8 Å². The molecule has 20 heavy (non-hydrogen) atoms. The molecule has 0 fully saturated rings. The molecule has 0 aromatic rings. The molecule has 0 aromatic heterocycles. The Morgan fingerprint density at radius 3 is 1.95 bits per heavy atom. The smallest absolute Gasteiger partial charge is 0.241 e. The van der Waals surface area contributed by atoms with E-state index in [1.165, 1.54) is 44.6 Å². The first-order valence-electron chi connectivity index (χ1n) is 7.66. The molecule has 0 spiro atoms. The van der Waals surface area contributed by atoms with Crippen LogP contribution in [0.5, 0.6) is 0 Å². The van der Waals surface area contributed by atoms with Crippen LogP contribution in [-0.4, -0.2) is 5.91 Å². The number of carbonyl (C=O) groups is 1. The summed E-state index contributed by atoms with van der Waals surface area (Å²) >= 11 is 0. The summed E-state index contributed by atoms with van der Waals surface area (Å²) in [6.45, 7) is 3.65. The third kappa shape index (κ3) is 16.4. The zero-order valence-electron chi connectivity index (χ0n) is 12.6. The highest BCUT2D eigenvalue weighted by Gasteiger charge is 1.88. The first-order chi connectivity index (χ1) is 9.77. The van der Waals surface area contributed by atoms with Gasteiger partial charge in [-0.3, -0.25) is 4.79 Å². The summed E-state index contributed by atoms with van der Waals surface area (Å²) in [4.78, 5) is 10.4. The SMILES string of the molecule is C=C/C=C/CCCCCC/C=C/CCC/C=C/C(N)=O. The average molecular weight is 275 g/mol. The third-order valence-electron chi connectivity index (χ3n) is 2.95. The van der Waals surface area contributed by atoms with Crippen molar-refractivity contribution < 1.29 is 4.79 Å². The molecule has 0 aliphatic carbocycles. The van der Waals surface area contributed by atoms with Gasteiger partial charge in [0.15, 0.2) is 0 Å². The minimum absolute atomic E-state index is 0.361. The molecule has 0 saturated heterocycles. The van der Waals surface area contributed by atoms with Crippen molar-refractivity contribution in [2.75, 3.05) is 0 Å². The van der Waals surface area contributed by atoms with Gasteiger partial charge in [0.05, 0.1) is 0 Å². The maximum atomic E-state index is 10.4. The second-order valence-corrected chi connectivity index (χ2v) is 4.86. The number of nitrogens with two attached hydrogens (primary N) is 1. The fourth-order valence-electron chi connectivity index (χ4n) is 1.86. The zero-order valence-corrected chi connectivity index (χ0v) is 12.6. The molecule has 0 heterocycles. The van der Waals surface area contributed by atoms with Crippen molar-refractivity contribution in [2.45, 2.75) is 57.8 Å². The Kier molecular flexibility index (Phi) is 14.3. The van der Waals surface area contributed by atoms with Crippen LogP contribution >= 0.6 is 0 Å². The summed E-state index contributed by atoms with van der Waals surface area (Å²) in [6.07, 6.45) is 24.4. The van der Waals surface area contributed by atoms with Crippen molar-refractivity contribution in [3.63, 3.8) is 0 Å². The van der Waals surface area contributed by atoms with Gasteiger partial charge in [0, 0.05) is 0 Å². The molecule has 0 aliphatic rings. The van der Waals surface area contributed by atoms with Crippen LogP contribution in [0.3, 0.4) is 0 Å². The van der Waals surface area contributed by atoms with Gasteiger partial charge >= 0.3 is 0 Å². The molecule has 2 N–H and O–H groups in total. The van der Waals surface area contributed by atoms with E-state index in [4.69, 9.17) is 5.73 Å². The highest BCUT2D eigenvalue weighted by Crippen LogP contribution is 2.07. The average Bonchev–Trinajstić information content (AvgIpc) is 2.43. The Morgan fingerprint density at radius 2 is 1.35 bits per heavy atom. The minimum atomic E-state index is -0.361. The van der Waals surface area contributed by atoms with Crippen LogP contribution in [0.4, 0.5) is 0 Å². The Balaban J connectivity index is 3.22. The molecule has 0 aromatic carbocycles. The van der Waals surface area contributed by atoms with Crippen LogP contribution in [0.25, 0.3) is 0 Å². The Morgan fingerprint density at radius 1 is 0.800 bits per heavy atom. The molecule has 0 atom stereocenters. The lowest BCUT2D eigenvalue weighted by Gasteiger charge is -1.97. The topological polar surface area (TPSA) is 43.1 Å². The van der Waals surface area contributed by atoms with E-state index < -0.39 is 0 Å². The van der Waals surface area contributed by atoms with Gasteiger partial charge in [-0.1, -0.05) is 55.9 Å². The zero-order chi connectivity index (χ0) is 14.9. The van der Waals surface area contributed by atoms with Gasteiger partial charge in [0.2, 0.25) is 5.91 Å². The largest absolute Gasteiger partial charge is 0.366 e. The molecule has 0 radical (unpaired) electrons. The lowest BCUT2D eigenvalue weighted by molar-refractivity contribution is -0.113. The summed E-state index contributed by atoms with van der Waals surface area (Å²) < 4.78 is 0. The lowest BCUT2D eigenvalue weighted by atomic mass is 10.1. The quantitative estimate of drug-likeness (QED) is 0.222. The number of hydrogen-bond acceptors (Lipinski definition) is 1. The van der Waals surface area contributed by atoms with Crippen molar-refractivity contribution in [3.8, 4) is 0 Å². The van der Waals surface area contributed by atoms with Crippen LogP contribution in [0.1, 0.15) is 57.8 Å². The molecule has 0 saturated carbocycles. The molecule has 1 amide bonds. The molecule has 112 valence electrons. The van der Waals surface area contributed by atoms with Crippen molar-refractivity contribution >= 4 is 5.91 Å². The van der Waals surface area contributed by atoms with Crippen molar-refractivity contribution in [1.82, 2.24) is 0 Å². The number of carbonyl (C=O) groups excluding carboxylic acids is 1. The number of hydrogen-bond donors (Lipinski definition) is 1. The second kappa shape index (κ2) is 15.5. The normalized spacial score (nSPS) is 11.8. The number of rotatable bonds is 13. The van der Waals surface area contributed by atoms with Gasteiger partial charge in [-0.25, -0.2) is 0 Å². The van der Waals surface area contributed by atoms with Crippen LogP contribution in [0, 0.1) is 0 Å². The predicted molar refractivity (Wildman–Crippen MR) is 88.4 cm³/mol. The highest BCUT2D eigenvalue weighted by atomic mass is 16.1. The van der Waals surface area contributed by atoms with Gasteiger partial charge in [0.25, 0.3) is 0 Å². The molecule has 0 bridgehead atoms. The first-order valence-corrected chi connectivity index (χ1v) is 7.66. The van der Waals surface area contributed by atoms with Crippen LogP contribution < -0.4 is 5.73 Å². The van der Waals surface area contributed by atoms with E-state index in [9.17, 15) is 4.79 Å². The van der Waals surface area contributed by atoms with Crippen LogP contribution in [0.15, 0.2) is 49.1 Å².